The van der Waals surface area contributed by atoms with Gasteiger partial charge in [0.25, 0.3) is 0 Å². The smallest absolute Gasteiger partial charge is 0.305 e. The summed E-state index contributed by atoms with van der Waals surface area (Å²) in [6.45, 7) is 5.91. The molecule has 0 bridgehead atoms. The third-order valence-electron chi connectivity index (χ3n) is 2.42. The Morgan fingerprint density at radius 3 is 2.69 bits per heavy atom. The highest BCUT2D eigenvalue weighted by Gasteiger charge is 2.01. The van der Waals surface area contributed by atoms with E-state index < -0.39 is 0 Å². The first kappa shape index (κ1) is 15.2. The zero-order chi connectivity index (χ0) is 12.2. The maximum atomic E-state index is 10.8. The van der Waals surface area contributed by atoms with E-state index in [9.17, 15) is 9.90 Å². The Morgan fingerprint density at radius 2 is 2.06 bits per heavy atom. The predicted octanol–water partition coefficient (Wildman–Crippen LogP) is 2.83. The van der Waals surface area contributed by atoms with Crippen LogP contribution in [0, 0.1) is 0 Å². The van der Waals surface area contributed by atoms with Gasteiger partial charge in [-0.25, -0.2) is 0 Å². The Balaban J connectivity index is 3.15. The van der Waals surface area contributed by atoms with Crippen LogP contribution in [0.1, 0.15) is 51.9 Å². The molecule has 16 heavy (non-hydrogen) atoms. The molecule has 0 fully saturated rings. The molecule has 0 aliphatic rings. The monoisotopic (exact) mass is 228 g/mol. The number of rotatable bonds is 10. The van der Waals surface area contributed by atoms with Crippen LogP contribution >= 0.6 is 0 Å². The number of carbonyl (C=O) groups excluding carboxylic acids is 1. The van der Waals surface area contributed by atoms with Crippen LogP contribution in [0.25, 0.3) is 0 Å². The van der Waals surface area contributed by atoms with Gasteiger partial charge in [0, 0.05) is 6.42 Å². The van der Waals surface area contributed by atoms with Crippen LogP contribution in [0.4, 0.5) is 0 Å². The van der Waals surface area contributed by atoms with Gasteiger partial charge in [-0.15, -0.1) is 6.58 Å². The van der Waals surface area contributed by atoms with Crippen LogP contribution in [0.3, 0.4) is 0 Å². The lowest BCUT2D eigenvalue weighted by atomic mass is 10.1. The standard InChI is InChI=1S/C13H24O3/c1-3-9-12(14)10-7-5-6-8-11-16-13(15)4-2/h3,12,14H,1,4-11H2,2H3. The van der Waals surface area contributed by atoms with E-state index in [1.165, 1.54) is 0 Å². The Labute approximate surface area is 98.5 Å². The first-order chi connectivity index (χ1) is 7.70. The van der Waals surface area contributed by atoms with Gasteiger partial charge < -0.3 is 9.84 Å². The second-order valence-electron chi connectivity index (χ2n) is 3.96. The van der Waals surface area contributed by atoms with Gasteiger partial charge in [-0.2, -0.15) is 0 Å². The molecule has 3 heteroatoms. The van der Waals surface area contributed by atoms with Gasteiger partial charge in [-0.3, -0.25) is 4.79 Å². The summed E-state index contributed by atoms with van der Waals surface area (Å²) in [5.41, 5.74) is 0. The molecule has 0 aliphatic heterocycles. The van der Waals surface area contributed by atoms with Crippen LogP contribution < -0.4 is 0 Å². The van der Waals surface area contributed by atoms with Gasteiger partial charge >= 0.3 is 5.97 Å². The van der Waals surface area contributed by atoms with E-state index in [0.717, 1.165) is 32.1 Å². The van der Waals surface area contributed by atoms with E-state index in [4.69, 9.17) is 4.74 Å². The van der Waals surface area contributed by atoms with Crippen molar-refractivity contribution in [2.45, 2.75) is 58.0 Å². The number of hydrogen-bond donors (Lipinski definition) is 1. The van der Waals surface area contributed by atoms with Crippen molar-refractivity contribution >= 4 is 5.97 Å². The highest BCUT2D eigenvalue weighted by molar-refractivity contribution is 5.68. The molecule has 0 saturated heterocycles. The first-order valence-corrected chi connectivity index (χ1v) is 6.15. The fourth-order valence-electron chi connectivity index (χ4n) is 1.43. The van der Waals surface area contributed by atoms with Gasteiger partial charge in [-0.1, -0.05) is 32.3 Å². The Hall–Kier alpha value is -0.830. The molecule has 3 nitrogen and oxygen atoms in total. The third kappa shape index (κ3) is 9.71. The van der Waals surface area contributed by atoms with Crippen LogP contribution in [-0.4, -0.2) is 23.8 Å². The average Bonchev–Trinajstić information content (AvgIpc) is 2.27. The molecule has 0 radical (unpaired) electrons. The fourth-order valence-corrected chi connectivity index (χ4v) is 1.43. The lowest BCUT2D eigenvalue weighted by Crippen LogP contribution is -2.05. The minimum atomic E-state index is -0.240. The fraction of sp³-hybridized carbons (Fsp3) is 0.769. The largest absolute Gasteiger partial charge is 0.466 e. The topological polar surface area (TPSA) is 46.5 Å². The number of hydrogen-bond acceptors (Lipinski definition) is 3. The van der Waals surface area contributed by atoms with Gasteiger partial charge in [0.05, 0.1) is 12.7 Å². The van der Waals surface area contributed by atoms with Crippen molar-refractivity contribution < 1.29 is 14.6 Å². The summed E-state index contributed by atoms with van der Waals surface area (Å²) in [5, 5.41) is 9.42. The summed E-state index contributed by atoms with van der Waals surface area (Å²) in [6.07, 6.45) is 7.54. The van der Waals surface area contributed by atoms with Crippen LogP contribution in [-0.2, 0) is 9.53 Å². The maximum Gasteiger partial charge on any atom is 0.305 e. The zero-order valence-electron chi connectivity index (χ0n) is 10.3. The Morgan fingerprint density at radius 1 is 1.38 bits per heavy atom. The second-order valence-corrected chi connectivity index (χ2v) is 3.96. The van der Waals surface area contributed by atoms with Gasteiger partial charge in [0.15, 0.2) is 0 Å². The molecule has 1 unspecified atom stereocenters. The number of esters is 1. The average molecular weight is 228 g/mol. The molecule has 1 atom stereocenters. The molecule has 0 saturated carbocycles. The SMILES string of the molecule is C=CCC(O)CCCCCCOC(=O)CC. The highest BCUT2D eigenvalue weighted by Crippen LogP contribution is 2.08. The third-order valence-corrected chi connectivity index (χ3v) is 2.42. The quantitative estimate of drug-likeness (QED) is 0.355. The molecule has 0 amide bonds. The van der Waals surface area contributed by atoms with Crippen molar-refractivity contribution in [3.63, 3.8) is 0 Å². The molecule has 0 spiro atoms. The van der Waals surface area contributed by atoms with Crippen molar-refractivity contribution in [1.29, 1.82) is 0 Å². The van der Waals surface area contributed by atoms with Crippen LogP contribution in [0.5, 0.6) is 0 Å². The van der Waals surface area contributed by atoms with E-state index >= 15 is 0 Å². The van der Waals surface area contributed by atoms with Crippen molar-refractivity contribution in [3.05, 3.63) is 12.7 Å². The summed E-state index contributed by atoms with van der Waals surface area (Å²) in [5.74, 6) is -0.124. The summed E-state index contributed by atoms with van der Waals surface area (Å²) in [7, 11) is 0. The van der Waals surface area contributed by atoms with E-state index in [2.05, 4.69) is 6.58 Å². The summed E-state index contributed by atoms with van der Waals surface area (Å²) in [6, 6.07) is 0. The normalized spacial score (nSPS) is 12.1. The van der Waals surface area contributed by atoms with E-state index in [0.29, 0.717) is 19.4 Å². The van der Waals surface area contributed by atoms with Crippen molar-refractivity contribution in [1.82, 2.24) is 0 Å². The predicted molar refractivity (Wildman–Crippen MR) is 65.2 cm³/mol. The van der Waals surface area contributed by atoms with Crippen molar-refractivity contribution in [2.75, 3.05) is 6.61 Å². The summed E-state index contributed by atoms with van der Waals surface area (Å²) in [4.78, 5) is 10.8. The molecule has 0 aromatic carbocycles. The number of aliphatic hydroxyl groups excluding tert-OH is 1. The zero-order valence-corrected chi connectivity index (χ0v) is 10.3. The summed E-state index contributed by atoms with van der Waals surface area (Å²) < 4.78 is 4.96. The minimum absolute atomic E-state index is 0.124. The van der Waals surface area contributed by atoms with E-state index in [1.807, 2.05) is 0 Å². The molecule has 0 heterocycles. The molecular formula is C13H24O3. The lowest BCUT2D eigenvalue weighted by molar-refractivity contribution is -0.143. The molecule has 0 aliphatic carbocycles. The van der Waals surface area contributed by atoms with Gasteiger partial charge in [0.2, 0.25) is 0 Å². The molecule has 0 aromatic rings. The molecular weight excluding hydrogens is 204 g/mol. The van der Waals surface area contributed by atoms with E-state index in [-0.39, 0.29) is 12.1 Å². The van der Waals surface area contributed by atoms with Gasteiger partial charge in [-0.05, 0) is 19.3 Å². The number of ether oxygens (including phenoxy) is 1. The van der Waals surface area contributed by atoms with Crippen LogP contribution in [0.2, 0.25) is 0 Å². The van der Waals surface area contributed by atoms with Crippen molar-refractivity contribution in [3.8, 4) is 0 Å². The molecule has 1 N–H and O–H groups in total. The molecule has 0 aromatic heterocycles. The summed E-state index contributed by atoms with van der Waals surface area (Å²) >= 11 is 0. The molecule has 0 rings (SSSR count). The number of unbranched alkanes of at least 4 members (excludes halogenated alkanes) is 3. The number of carbonyl (C=O) groups is 1. The van der Waals surface area contributed by atoms with Crippen LogP contribution in [0.15, 0.2) is 12.7 Å². The second kappa shape index (κ2) is 10.7. The highest BCUT2D eigenvalue weighted by atomic mass is 16.5. The minimum Gasteiger partial charge on any atom is -0.466 e. The van der Waals surface area contributed by atoms with E-state index in [1.54, 1.807) is 13.0 Å². The lowest BCUT2D eigenvalue weighted by Gasteiger charge is -2.07. The Bertz CT molecular complexity index is 190. The van der Waals surface area contributed by atoms with Gasteiger partial charge in [0.1, 0.15) is 0 Å². The maximum absolute atomic E-state index is 10.8. The molecule has 94 valence electrons. The first-order valence-electron chi connectivity index (χ1n) is 6.15. The Kier molecular flexibility index (Phi) is 10.1. The number of aliphatic hydroxyl groups is 1. The van der Waals surface area contributed by atoms with Crippen molar-refractivity contribution in [2.24, 2.45) is 0 Å².